The maximum absolute atomic E-state index is 13.5. The van der Waals surface area contributed by atoms with E-state index in [0.717, 1.165) is 19.0 Å². The lowest BCUT2D eigenvalue weighted by atomic mass is 9.95. The minimum atomic E-state index is -0.444. The standard InChI is InChI=1S/C11H15ClFN3S/c1-17-8-4-2-3-7(5-8)15-10-9(13)6-14-11(12)16-10/h6-8H,2-5H2,1H3,(H,14,15,16). The molecule has 0 spiro atoms. The molecule has 3 nitrogen and oxygen atoms in total. The van der Waals surface area contributed by atoms with Gasteiger partial charge in [-0.2, -0.15) is 16.7 Å². The Morgan fingerprint density at radius 3 is 3.12 bits per heavy atom. The zero-order chi connectivity index (χ0) is 12.3. The molecule has 2 unspecified atom stereocenters. The monoisotopic (exact) mass is 275 g/mol. The minimum Gasteiger partial charge on any atom is -0.365 e. The fourth-order valence-electron chi connectivity index (χ4n) is 2.13. The fourth-order valence-corrected chi connectivity index (χ4v) is 3.09. The van der Waals surface area contributed by atoms with Crippen molar-refractivity contribution in [3.8, 4) is 0 Å². The molecule has 0 amide bonds. The number of nitrogens with one attached hydrogen (secondary N) is 1. The Morgan fingerprint density at radius 2 is 2.35 bits per heavy atom. The van der Waals surface area contributed by atoms with Gasteiger partial charge in [0.1, 0.15) is 0 Å². The number of anilines is 1. The van der Waals surface area contributed by atoms with Gasteiger partial charge in [0.25, 0.3) is 0 Å². The molecule has 0 aromatic carbocycles. The average Bonchev–Trinajstić information content (AvgIpc) is 2.34. The second-order valence-electron chi connectivity index (χ2n) is 4.20. The van der Waals surface area contributed by atoms with Crippen LogP contribution in [-0.4, -0.2) is 27.5 Å². The Morgan fingerprint density at radius 1 is 1.53 bits per heavy atom. The highest BCUT2D eigenvalue weighted by Crippen LogP contribution is 2.29. The van der Waals surface area contributed by atoms with Crippen LogP contribution in [0.3, 0.4) is 0 Å². The molecule has 94 valence electrons. The molecule has 1 heterocycles. The van der Waals surface area contributed by atoms with Gasteiger partial charge in [-0.05, 0) is 37.1 Å². The van der Waals surface area contributed by atoms with Gasteiger partial charge in [-0.3, -0.25) is 0 Å². The third-order valence-corrected chi connectivity index (χ3v) is 4.29. The van der Waals surface area contributed by atoms with Crippen molar-refractivity contribution >= 4 is 29.2 Å². The van der Waals surface area contributed by atoms with E-state index in [1.165, 1.54) is 12.8 Å². The molecular weight excluding hydrogens is 261 g/mol. The Kier molecular flexibility index (Phi) is 4.45. The predicted octanol–water partition coefficient (Wildman–Crippen LogP) is 3.36. The highest BCUT2D eigenvalue weighted by atomic mass is 35.5. The first-order valence-electron chi connectivity index (χ1n) is 5.66. The van der Waals surface area contributed by atoms with Gasteiger partial charge in [-0.15, -0.1) is 0 Å². The third kappa shape index (κ3) is 3.45. The normalized spacial score (nSPS) is 24.6. The van der Waals surface area contributed by atoms with Gasteiger partial charge >= 0.3 is 0 Å². The quantitative estimate of drug-likeness (QED) is 0.859. The first-order chi connectivity index (χ1) is 8.19. The Labute approximate surface area is 110 Å². The van der Waals surface area contributed by atoms with Gasteiger partial charge in [0.15, 0.2) is 11.6 Å². The van der Waals surface area contributed by atoms with Crippen LogP contribution in [0.5, 0.6) is 0 Å². The number of aromatic nitrogens is 2. The van der Waals surface area contributed by atoms with Crippen LogP contribution in [0.4, 0.5) is 10.2 Å². The zero-order valence-electron chi connectivity index (χ0n) is 9.62. The molecule has 1 aliphatic carbocycles. The Balaban J connectivity index is 2.02. The smallest absolute Gasteiger partial charge is 0.224 e. The van der Waals surface area contributed by atoms with E-state index in [2.05, 4.69) is 21.5 Å². The van der Waals surface area contributed by atoms with Gasteiger partial charge in [-0.25, -0.2) is 9.37 Å². The first kappa shape index (κ1) is 12.9. The molecule has 0 radical (unpaired) electrons. The first-order valence-corrected chi connectivity index (χ1v) is 7.33. The molecule has 1 aromatic rings. The summed E-state index contributed by atoms with van der Waals surface area (Å²) >= 11 is 7.53. The average molecular weight is 276 g/mol. The van der Waals surface area contributed by atoms with Crippen LogP contribution in [-0.2, 0) is 0 Å². The van der Waals surface area contributed by atoms with Crippen molar-refractivity contribution in [1.82, 2.24) is 9.97 Å². The number of hydrogen-bond acceptors (Lipinski definition) is 4. The molecule has 1 N–H and O–H groups in total. The lowest BCUT2D eigenvalue weighted by Crippen LogP contribution is -2.29. The van der Waals surface area contributed by atoms with E-state index in [0.29, 0.717) is 5.25 Å². The molecule has 2 atom stereocenters. The molecule has 1 aromatic heterocycles. The Hall–Kier alpha value is -0.550. The molecule has 6 heteroatoms. The van der Waals surface area contributed by atoms with Gasteiger partial charge in [0.05, 0.1) is 6.20 Å². The third-order valence-electron chi connectivity index (χ3n) is 3.01. The highest BCUT2D eigenvalue weighted by Gasteiger charge is 2.22. The maximum Gasteiger partial charge on any atom is 0.224 e. The van der Waals surface area contributed by atoms with Crippen molar-refractivity contribution in [3.63, 3.8) is 0 Å². The topological polar surface area (TPSA) is 37.8 Å². The second kappa shape index (κ2) is 5.87. The summed E-state index contributed by atoms with van der Waals surface area (Å²) in [5, 5.41) is 3.86. The summed E-state index contributed by atoms with van der Waals surface area (Å²) in [6.45, 7) is 0. The molecule has 2 rings (SSSR count). The summed E-state index contributed by atoms with van der Waals surface area (Å²) in [5.74, 6) is -0.225. The van der Waals surface area contributed by atoms with E-state index < -0.39 is 5.82 Å². The van der Waals surface area contributed by atoms with Crippen LogP contribution in [0.1, 0.15) is 25.7 Å². The zero-order valence-corrected chi connectivity index (χ0v) is 11.2. The number of thioether (sulfide) groups is 1. The number of nitrogens with zero attached hydrogens (tertiary/aromatic N) is 2. The van der Waals surface area contributed by atoms with Crippen LogP contribution < -0.4 is 5.32 Å². The summed E-state index contributed by atoms with van der Waals surface area (Å²) in [6.07, 6.45) is 7.73. The summed E-state index contributed by atoms with van der Waals surface area (Å²) in [4.78, 5) is 7.48. The predicted molar refractivity (Wildman–Crippen MR) is 70.2 cm³/mol. The van der Waals surface area contributed by atoms with E-state index in [1.54, 1.807) is 0 Å². The van der Waals surface area contributed by atoms with Crippen molar-refractivity contribution in [3.05, 3.63) is 17.3 Å². The van der Waals surface area contributed by atoms with Crippen molar-refractivity contribution < 1.29 is 4.39 Å². The van der Waals surface area contributed by atoms with Crippen molar-refractivity contribution in [1.29, 1.82) is 0 Å². The van der Waals surface area contributed by atoms with Crippen molar-refractivity contribution in [2.24, 2.45) is 0 Å². The molecule has 1 fully saturated rings. The second-order valence-corrected chi connectivity index (χ2v) is 5.68. The van der Waals surface area contributed by atoms with Crippen LogP contribution in [0.2, 0.25) is 5.28 Å². The van der Waals surface area contributed by atoms with Crippen molar-refractivity contribution in [2.75, 3.05) is 11.6 Å². The van der Waals surface area contributed by atoms with Crippen LogP contribution >= 0.6 is 23.4 Å². The van der Waals surface area contributed by atoms with Gasteiger partial charge in [0, 0.05) is 11.3 Å². The molecule has 0 aliphatic heterocycles. The molecule has 0 bridgehead atoms. The van der Waals surface area contributed by atoms with Gasteiger partial charge in [0.2, 0.25) is 5.28 Å². The van der Waals surface area contributed by atoms with E-state index in [4.69, 9.17) is 11.6 Å². The summed E-state index contributed by atoms with van der Waals surface area (Å²) in [7, 11) is 0. The van der Waals surface area contributed by atoms with E-state index in [9.17, 15) is 4.39 Å². The minimum absolute atomic E-state index is 0.0751. The van der Waals surface area contributed by atoms with E-state index in [1.807, 2.05) is 11.8 Å². The van der Waals surface area contributed by atoms with Crippen LogP contribution in [0.15, 0.2) is 6.20 Å². The number of hydrogen-bond donors (Lipinski definition) is 1. The summed E-state index contributed by atoms with van der Waals surface area (Å²) in [6, 6.07) is 0.279. The maximum atomic E-state index is 13.5. The number of rotatable bonds is 3. The Bertz CT molecular complexity index is 391. The fraction of sp³-hybridized carbons (Fsp3) is 0.636. The summed E-state index contributed by atoms with van der Waals surface area (Å²) in [5.41, 5.74) is 0. The van der Waals surface area contributed by atoms with Crippen LogP contribution in [0, 0.1) is 5.82 Å². The molecule has 1 aliphatic rings. The van der Waals surface area contributed by atoms with Gasteiger partial charge in [-0.1, -0.05) is 6.42 Å². The molecule has 1 saturated carbocycles. The number of halogens is 2. The van der Waals surface area contributed by atoms with Crippen LogP contribution in [0.25, 0.3) is 0 Å². The molecule has 17 heavy (non-hydrogen) atoms. The lowest BCUT2D eigenvalue weighted by molar-refractivity contribution is 0.469. The van der Waals surface area contributed by atoms with E-state index in [-0.39, 0.29) is 17.1 Å². The largest absolute Gasteiger partial charge is 0.365 e. The molecule has 0 saturated heterocycles. The highest BCUT2D eigenvalue weighted by molar-refractivity contribution is 7.99. The lowest BCUT2D eigenvalue weighted by Gasteiger charge is -2.29. The SMILES string of the molecule is CSC1CCCC(Nc2nc(Cl)ncc2F)C1. The summed E-state index contributed by atoms with van der Waals surface area (Å²) < 4.78 is 13.5. The van der Waals surface area contributed by atoms with Crippen molar-refractivity contribution in [2.45, 2.75) is 37.0 Å². The molecular formula is C11H15ClFN3S. The van der Waals surface area contributed by atoms with E-state index >= 15 is 0 Å². The van der Waals surface area contributed by atoms with Gasteiger partial charge < -0.3 is 5.32 Å².